The van der Waals surface area contributed by atoms with E-state index in [-0.39, 0.29) is 12.0 Å². The van der Waals surface area contributed by atoms with Crippen molar-refractivity contribution >= 4 is 5.91 Å². The van der Waals surface area contributed by atoms with Gasteiger partial charge < -0.3 is 14.8 Å². The molecule has 29 heavy (non-hydrogen) atoms. The maximum Gasteiger partial charge on any atom is 0.251 e. The summed E-state index contributed by atoms with van der Waals surface area (Å²) in [6, 6.07) is 17.2. The van der Waals surface area contributed by atoms with Crippen LogP contribution in [0.1, 0.15) is 34.3 Å². The Labute approximate surface area is 170 Å². The van der Waals surface area contributed by atoms with Crippen molar-refractivity contribution in [2.24, 2.45) is 0 Å². The van der Waals surface area contributed by atoms with Gasteiger partial charge in [0.15, 0.2) is 0 Å². The van der Waals surface area contributed by atoms with Crippen LogP contribution in [0.4, 0.5) is 0 Å². The smallest absolute Gasteiger partial charge is 0.251 e. The fourth-order valence-corrected chi connectivity index (χ4v) is 3.42. The predicted molar refractivity (Wildman–Crippen MR) is 110 cm³/mol. The highest BCUT2D eigenvalue weighted by Crippen LogP contribution is 2.17. The lowest BCUT2D eigenvalue weighted by Gasteiger charge is -2.13. The number of hydrogen-bond donors (Lipinski definition) is 1. The Bertz CT molecular complexity index is 934. The molecule has 1 N–H and O–H groups in total. The Hall–Kier alpha value is -3.12. The number of aromatic nitrogens is 2. The number of benzene rings is 2. The Kier molecular flexibility index (Phi) is 6.22. The van der Waals surface area contributed by atoms with Gasteiger partial charge >= 0.3 is 0 Å². The number of carbonyl (C=O) groups excluding carboxylic acids is 1. The van der Waals surface area contributed by atoms with Crippen molar-refractivity contribution in [3.8, 4) is 5.75 Å². The van der Waals surface area contributed by atoms with E-state index in [1.807, 2.05) is 47.3 Å². The second-order valence-electron chi connectivity index (χ2n) is 7.13. The minimum Gasteiger partial charge on any atom is -0.491 e. The molecule has 1 fully saturated rings. The second-order valence-corrected chi connectivity index (χ2v) is 7.13. The number of ether oxygens (including phenoxy) is 2. The maximum atomic E-state index is 12.7. The van der Waals surface area contributed by atoms with Gasteiger partial charge in [0.05, 0.1) is 12.6 Å². The van der Waals surface area contributed by atoms with Crippen LogP contribution in [0, 0.1) is 0 Å². The largest absolute Gasteiger partial charge is 0.491 e. The zero-order valence-electron chi connectivity index (χ0n) is 16.3. The lowest BCUT2D eigenvalue weighted by Crippen LogP contribution is -2.24. The Balaban J connectivity index is 1.35. The van der Waals surface area contributed by atoms with Crippen molar-refractivity contribution in [3.63, 3.8) is 0 Å². The number of nitrogens with zero attached hydrogens (tertiary/aromatic N) is 2. The molecular weight excluding hydrogens is 366 g/mol. The molecule has 2 heterocycles. The first-order valence-electron chi connectivity index (χ1n) is 9.95. The zero-order chi connectivity index (χ0) is 19.9. The van der Waals surface area contributed by atoms with Crippen molar-refractivity contribution in [1.29, 1.82) is 0 Å². The van der Waals surface area contributed by atoms with Crippen LogP contribution in [0.2, 0.25) is 0 Å². The number of carbonyl (C=O) groups is 1. The molecule has 6 nitrogen and oxygen atoms in total. The normalized spacial score (nSPS) is 15.9. The van der Waals surface area contributed by atoms with E-state index in [0.29, 0.717) is 31.0 Å². The molecule has 3 aromatic rings. The van der Waals surface area contributed by atoms with Crippen LogP contribution >= 0.6 is 0 Å². The summed E-state index contributed by atoms with van der Waals surface area (Å²) in [5.41, 5.74) is 2.78. The van der Waals surface area contributed by atoms with Gasteiger partial charge in [0, 0.05) is 31.1 Å². The monoisotopic (exact) mass is 391 g/mol. The predicted octanol–water partition coefficient (Wildman–Crippen LogP) is 3.42. The Morgan fingerprint density at radius 1 is 1.17 bits per heavy atom. The molecule has 1 aromatic heterocycles. The molecule has 0 saturated carbocycles. The summed E-state index contributed by atoms with van der Waals surface area (Å²) in [5, 5.41) is 7.27. The maximum absolute atomic E-state index is 12.7. The highest BCUT2D eigenvalue weighted by molar-refractivity contribution is 5.94. The minimum atomic E-state index is -0.124. The van der Waals surface area contributed by atoms with E-state index in [1.165, 1.54) is 0 Å². The van der Waals surface area contributed by atoms with Crippen LogP contribution in [-0.4, -0.2) is 35.0 Å². The third-order valence-electron chi connectivity index (χ3n) is 5.01. The van der Waals surface area contributed by atoms with Crippen molar-refractivity contribution in [1.82, 2.24) is 15.1 Å². The average molecular weight is 391 g/mol. The molecule has 0 bridgehead atoms. The van der Waals surface area contributed by atoms with Crippen molar-refractivity contribution in [2.45, 2.75) is 32.0 Å². The quantitative estimate of drug-likeness (QED) is 0.639. The molecule has 1 atom stereocenters. The van der Waals surface area contributed by atoms with Gasteiger partial charge in [0.2, 0.25) is 0 Å². The van der Waals surface area contributed by atoms with E-state index in [4.69, 9.17) is 9.47 Å². The third-order valence-corrected chi connectivity index (χ3v) is 5.01. The van der Waals surface area contributed by atoms with E-state index in [1.54, 1.807) is 18.3 Å². The molecule has 1 aliphatic rings. The van der Waals surface area contributed by atoms with Crippen LogP contribution in [0.3, 0.4) is 0 Å². The molecule has 2 aromatic carbocycles. The van der Waals surface area contributed by atoms with Crippen molar-refractivity contribution in [3.05, 3.63) is 83.7 Å². The summed E-state index contributed by atoms with van der Waals surface area (Å²) < 4.78 is 13.3. The molecule has 0 radical (unpaired) electrons. The van der Waals surface area contributed by atoms with Gasteiger partial charge in [-0.15, -0.1) is 0 Å². The summed E-state index contributed by atoms with van der Waals surface area (Å²) in [7, 11) is 0. The van der Waals surface area contributed by atoms with Gasteiger partial charge in [-0.3, -0.25) is 9.48 Å². The van der Waals surface area contributed by atoms with Gasteiger partial charge in [-0.25, -0.2) is 0 Å². The van der Waals surface area contributed by atoms with E-state index < -0.39 is 0 Å². The first-order valence-corrected chi connectivity index (χ1v) is 9.95. The zero-order valence-corrected chi connectivity index (χ0v) is 16.3. The van der Waals surface area contributed by atoms with Crippen LogP contribution in [0.5, 0.6) is 5.75 Å². The fraction of sp³-hybridized carbons (Fsp3) is 0.304. The van der Waals surface area contributed by atoms with Crippen molar-refractivity contribution < 1.29 is 14.3 Å². The van der Waals surface area contributed by atoms with Crippen molar-refractivity contribution in [2.75, 3.05) is 13.2 Å². The molecule has 1 unspecified atom stereocenters. The summed E-state index contributed by atoms with van der Waals surface area (Å²) in [6.07, 6.45) is 5.95. The molecular formula is C23H25N3O3. The van der Waals surface area contributed by atoms with Gasteiger partial charge in [-0.2, -0.15) is 5.10 Å². The second kappa shape index (κ2) is 9.39. The van der Waals surface area contributed by atoms with E-state index >= 15 is 0 Å². The topological polar surface area (TPSA) is 65.4 Å². The lowest BCUT2D eigenvalue weighted by molar-refractivity contribution is 0.0679. The highest BCUT2D eigenvalue weighted by atomic mass is 16.5. The molecule has 6 heteroatoms. The molecule has 1 aliphatic heterocycles. The molecule has 4 rings (SSSR count). The third kappa shape index (κ3) is 5.23. The van der Waals surface area contributed by atoms with E-state index in [9.17, 15) is 4.79 Å². The van der Waals surface area contributed by atoms with Crippen LogP contribution in [-0.2, 0) is 17.8 Å². The summed E-state index contributed by atoms with van der Waals surface area (Å²) >= 11 is 0. The average Bonchev–Trinajstić information content (AvgIpc) is 3.46. The molecule has 1 saturated heterocycles. The lowest BCUT2D eigenvalue weighted by atomic mass is 10.1. The van der Waals surface area contributed by atoms with Gasteiger partial charge in [0.25, 0.3) is 5.91 Å². The summed E-state index contributed by atoms with van der Waals surface area (Å²) in [4.78, 5) is 12.7. The molecule has 0 aliphatic carbocycles. The number of amides is 1. The molecule has 1 amide bonds. The number of nitrogens with one attached hydrogen (secondary N) is 1. The van der Waals surface area contributed by atoms with Gasteiger partial charge in [0.1, 0.15) is 12.4 Å². The number of hydrogen-bond acceptors (Lipinski definition) is 4. The molecule has 0 spiro atoms. The Morgan fingerprint density at radius 2 is 2.07 bits per heavy atom. The summed E-state index contributed by atoms with van der Waals surface area (Å²) in [5.74, 6) is 0.564. The minimum absolute atomic E-state index is 0.124. The van der Waals surface area contributed by atoms with Crippen LogP contribution < -0.4 is 10.1 Å². The standard InChI is InChI=1S/C23H25N3O3/c27-23(18-8-3-9-21(14-18)29-17-22-10-4-13-28-22)24-15-19-6-1-2-7-20(19)16-26-12-5-11-25-26/h1-3,5-9,11-12,14,22H,4,10,13,15-17H2,(H,24,27). The molecule has 150 valence electrons. The highest BCUT2D eigenvalue weighted by Gasteiger charge is 2.16. The first kappa shape index (κ1) is 19.2. The SMILES string of the molecule is O=C(NCc1ccccc1Cn1cccn1)c1cccc(OCC2CCCO2)c1. The Morgan fingerprint density at radius 3 is 2.86 bits per heavy atom. The fourth-order valence-electron chi connectivity index (χ4n) is 3.42. The number of rotatable bonds is 8. The van der Waals surface area contributed by atoms with Crippen LogP contribution in [0.25, 0.3) is 0 Å². The van der Waals surface area contributed by atoms with Gasteiger partial charge in [-0.1, -0.05) is 30.3 Å². The first-order chi connectivity index (χ1) is 14.3. The van der Waals surface area contributed by atoms with E-state index in [2.05, 4.69) is 16.5 Å². The van der Waals surface area contributed by atoms with Gasteiger partial charge in [-0.05, 0) is 48.2 Å². The summed E-state index contributed by atoms with van der Waals surface area (Å²) in [6.45, 7) is 2.45. The van der Waals surface area contributed by atoms with E-state index in [0.717, 1.165) is 30.6 Å². The van der Waals surface area contributed by atoms with Crippen LogP contribution in [0.15, 0.2) is 67.0 Å².